The molecule has 1 aromatic heterocycles. The summed E-state index contributed by atoms with van der Waals surface area (Å²) in [5, 5.41) is 4.95. The molecule has 0 aliphatic rings. The van der Waals surface area contributed by atoms with Crippen molar-refractivity contribution in [2.24, 2.45) is 12.8 Å². The van der Waals surface area contributed by atoms with Crippen molar-refractivity contribution < 1.29 is 0 Å². The van der Waals surface area contributed by atoms with E-state index in [9.17, 15) is 0 Å². The lowest BCUT2D eigenvalue weighted by molar-refractivity contribution is 0.684. The Morgan fingerprint density at radius 1 is 1.58 bits per heavy atom. The summed E-state index contributed by atoms with van der Waals surface area (Å²) in [7, 11) is 1.90. The van der Waals surface area contributed by atoms with E-state index in [2.05, 4.69) is 10.1 Å². The van der Waals surface area contributed by atoms with E-state index in [1.165, 1.54) is 0 Å². The first-order valence-electron chi connectivity index (χ1n) is 4.01. The van der Waals surface area contributed by atoms with Crippen LogP contribution in [0.25, 0.3) is 0 Å². The summed E-state index contributed by atoms with van der Waals surface area (Å²) in [6.45, 7) is 0.777. The first-order valence-corrected chi connectivity index (χ1v) is 5.00. The molecule has 0 atom stereocenters. The van der Waals surface area contributed by atoms with Crippen molar-refractivity contribution in [3.05, 3.63) is 6.33 Å². The Morgan fingerprint density at radius 2 is 2.42 bits per heavy atom. The quantitative estimate of drug-likeness (QED) is 0.542. The predicted octanol–water partition coefficient (Wildman–Crippen LogP) is 0.646. The molecule has 12 heavy (non-hydrogen) atoms. The summed E-state index contributed by atoms with van der Waals surface area (Å²) in [6.07, 6.45) is 3.81. The Bertz CT molecular complexity index is 223. The number of hydrogen-bond donors (Lipinski definition) is 1. The van der Waals surface area contributed by atoms with Gasteiger partial charge in [-0.05, 0) is 19.4 Å². The molecule has 1 rings (SSSR count). The van der Waals surface area contributed by atoms with Crippen molar-refractivity contribution in [1.29, 1.82) is 0 Å². The first-order chi connectivity index (χ1) is 5.84. The van der Waals surface area contributed by atoms with Gasteiger partial charge in [-0.2, -0.15) is 5.10 Å². The first kappa shape index (κ1) is 9.54. The van der Waals surface area contributed by atoms with Gasteiger partial charge in [0.15, 0.2) is 5.16 Å². The number of unbranched alkanes of at least 4 members (excludes halogenated alkanes) is 1. The minimum atomic E-state index is 0.777. The third kappa shape index (κ3) is 2.83. The fraction of sp³-hybridized carbons (Fsp3) is 0.714. The number of hydrogen-bond acceptors (Lipinski definition) is 4. The molecule has 0 radical (unpaired) electrons. The van der Waals surface area contributed by atoms with Gasteiger partial charge in [-0.3, -0.25) is 0 Å². The molecule has 1 aromatic rings. The second kappa shape index (κ2) is 5.16. The molecule has 2 N–H and O–H groups in total. The molecule has 0 saturated heterocycles. The molecular formula is C7H14N4S. The van der Waals surface area contributed by atoms with Crippen LogP contribution in [0.3, 0.4) is 0 Å². The molecule has 0 aromatic carbocycles. The van der Waals surface area contributed by atoms with Gasteiger partial charge in [0.2, 0.25) is 0 Å². The summed E-state index contributed by atoms with van der Waals surface area (Å²) in [5.41, 5.74) is 5.38. The highest BCUT2D eigenvalue weighted by Crippen LogP contribution is 2.14. The van der Waals surface area contributed by atoms with Crippen molar-refractivity contribution >= 4 is 11.8 Å². The monoisotopic (exact) mass is 186 g/mol. The maximum absolute atomic E-state index is 5.38. The number of thioether (sulfide) groups is 1. The summed E-state index contributed by atoms with van der Waals surface area (Å²) < 4.78 is 1.78. The molecule has 5 heteroatoms. The van der Waals surface area contributed by atoms with Gasteiger partial charge in [-0.25, -0.2) is 9.67 Å². The Kier molecular flexibility index (Phi) is 4.10. The van der Waals surface area contributed by atoms with E-state index in [1.807, 2.05) is 7.05 Å². The van der Waals surface area contributed by atoms with Crippen LogP contribution in [-0.2, 0) is 7.05 Å². The topological polar surface area (TPSA) is 56.7 Å². The zero-order valence-electron chi connectivity index (χ0n) is 7.23. The molecule has 0 spiro atoms. The van der Waals surface area contributed by atoms with Gasteiger partial charge in [-0.15, -0.1) is 0 Å². The van der Waals surface area contributed by atoms with Crippen molar-refractivity contribution in [1.82, 2.24) is 14.8 Å². The van der Waals surface area contributed by atoms with E-state index < -0.39 is 0 Å². The van der Waals surface area contributed by atoms with Crippen LogP contribution in [0.1, 0.15) is 12.8 Å². The van der Waals surface area contributed by atoms with Crippen LogP contribution < -0.4 is 5.73 Å². The van der Waals surface area contributed by atoms with Gasteiger partial charge < -0.3 is 5.73 Å². The van der Waals surface area contributed by atoms with Crippen molar-refractivity contribution in [3.8, 4) is 0 Å². The Balaban J connectivity index is 2.20. The van der Waals surface area contributed by atoms with Crippen LogP contribution >= 0.6 is 11.8 Å². The minimum absolute atomic E-state index is 0.777. The SMILES string of the molecule is Cn1ncnc1SCCCCN. The molecule has 0 unspecified atom stereocenters. The third-order valence-electron chi connectivity index (χ3n) is 1.50. The van der Waals surface area contributed by atoms with Gasteiger partial charge in [0.25, 0.3) is 0 Å². The van der Waals surface area contributed by atoms with Crippen LogP contribution in [0.5, 0.6) is 0 Å². The molecule has 0 fully saturated rings. The molecular weight excluding hydrogens is 172 g/mol. The summed E-state index contributed by atoms with van der Waals surface area (Å²) in [4.78, 5) is 4.10. The van der Waals surface area contributed by atoms with Crippen molar-refractivity contribution in [3.63, 3.8) is 0 Å². The maximum Gasteiger partial charge on any atom is 0.185 e. The normalized spacial score (nSPS) is 10.5. The fourth-order valence-corrected chi connectivity index (χ4v) is 1.71. The van der Waals surface area contributed by atoms with Crippen molar-refractivity contribution in [2.75, 3.05) is 12.3 Å². The molecule has 0 saturated carbocycles. The van der Waals surface area contributed by atoms with E-state index >= 15 is 0 Å². The van der Waals surface area contributed by atoms with Crippen LogP contribution in [0, 0.1) is 0 Å². The molecule has 0 bridgehead atoms. The van der Waals surface area contributed by atoms with E-state index in [0.717, 1.165) is 30.3 Å². The zero-order valence-corrected chi connectivity index (χ0v) is 8.05. The van der Waals surface area contributed by atoms with Gasteiger partial charge in [0, 0.05) is 12.8 Å². The van der Waals surface area contributed by atoms with Crippen LogP contribution in [0.2, 0.25) is 0 Å². The highest BCUT2D eigenvalue weighted by molar-refractivity contribution is 7.99. The van der Waals surface area contributed by atoms with Gasteiger partial charge in [0.1, 0.15) is 6.33 Å². The molecule has 0 aliphatic carbocycles. The average molecular weight is 186 g/mol. The van der Waals surface area contributed by atoms with E-state index in [4.69, 9.17) is 5.73 Å². The second-order valence-corrected chi connectivity index (χ2v) is 3.57. The summed E-state index contributed by atoms with van der Waals surface area (Å²) in [5.74, 6) is 1.07. The smallest absolute Gasteiger partial charge is 0.185 e. The van der Waals surface area contributed by atoms with E-state index in [-0.39, 0.29) is 0 Å². The lowest BCUT2D eigenvalue weighted by atomic mass is 10.3. The number of rotatable bonds is 5. The lowest BCUT2D eigenvalue weighted by Crippen LogP contribution is -1.99. The van der Waals surface area contributed by atoms with Crippen LogP contribution in [-0.4, -0.2) is 27.1 Å². The summed E-state index contributed by atoms with van der Waals surface area (Å²) >= 11 is 1.73. The number of nitrogens with zero attached hydrogens (tertiary/aromatic N) is 3. The second-order valence-electron chi connectivity index (χ2n) is 2.51. The Morgan fingerprint density at radius 3 is 3.00 bits per heavy atom. The standard InChI is InChI=1S/C7H14N4S/c1-11-7(9-6-10-11)12-5-3-2-4-8/h6H,2-5,8H2,1H3. The third-order valence-corrected chi connectivity index (χ3v) is 2.62. The Hall–Kier alpha value is -0.550. The predicted molar refractivity (Wildman–Crippen MR) is 50.0 cm³/mol. The molecule has 0 aliphatic heterocycles. The molecule has 0 amide bonds. The maximum atomic E-state index is 5.38. The molecule has 4 nitrogen and oxygen atoms in total. The van der Waals surface area contributed by atoms with Gasteiger partial charge in [0.05, 0.1) is 0 Å². The molecule has 68 valence electrons. The Labute approximate surface area is 76.5 Å². The average Bonchev–Trinajstić information content (AvgIpc) is 2.46. The van der Waals surface area contributed by atoms with E-state index in [1.54, 1.807) is 22.8 Å². The van der Waals surface area contributed by atoms with Crippen molar-refractivity contribution in [2.45, 2.75) is 18.0 Å². The summed E-state index contributed by atoms with van der Waals surface area (Å²) in [6, 6.07) is 0. The number of nitrogens with two attached hydrogens (primary N) is 1. The van der Waals surface area contributed by atoms with Crippen LogP contribution in [0.15, 0.2) is 11.5 Å². The lowest BCUT2D eigenvalue weighted by Gasteiger charge is -1.98. The van der Waals surface area contributed by atoms with Gasteiger partial charge in [-0.1, -0.05) is 11.8 Å². The zero-order chi connectivity index (χ0) is 8.81. The highest BCUT2D eigenvalue weighted by Gasteiger charge is 1.99. The largest absolute Gasteiger partial charge is 0.330 e. The minimum Gasteiger partial charge on any atom is -0.330 e. The highest BCUT2D eigenvalue weighted by atomic mass is 32.2. The van der Waals surface area contributed by atoms with Gasteiger partial charge >= 0.3 is 0 Å². The molecule has 1 heterocycles. The number of aromatic nitrogens is 3. The van der Waals surface area contributed by atoms with E-state index in [0.29, 0.717) is 0 Å². The van der Waals surface area contributed by atoms with Crippen LogP contribution in [0.4, 0.5) is 0 Å². The fourth-order valence-electron chi connectivity index (χ4n) is 0.826. The number of aryl methyl sites for hydroxylation is 1.